The minimum absolute atomic E-state index is 0.0881. The summed E-state index contributed by atoms with van der Waals surface area (Å²) in [6.45, 7) is 4.00. The van der Waals surface area contributed by atoms with E-state index >= 15 is 0 Å². The molecule has 102 valence electrons. The molecule has 0 bridgehead atoms. The maximum atomic E-state index is 12.3. The molecule has 1 heterocycles. The lowest BCUT2D eigenvalue weighted by Gasteiger charge is -2.13. The number of nitrogens with one attached hydrogen (secondary N) is 1. The van der Waals surface area contributed by atoms with Gasteiger partial charge in [-0.05, 0) is 42.7 Å². The van der Waals surface area contributed by atoms with Crippen LogP contribution in [0.3, 0.4) is 0 Å². The van der Waals surface area contributed by atoms with Crippen molar-refractivity contribution in [2.24, 2.45) is 0 Å². The lowest BCUT2D eigenvalue weighted by atomic mass is 10.1. The Morgan fingerprint density at radius 3 is 2.80 bits per heavy atom. The van der Waals surface area contributed by atoms with E-state index in [1.54, 1.807) is 0 Å². The molecule has 0 radical (unpaired) electrons. The fourth-order valence-electron chi connectivity index (χ4n) is 2.41. The third-order valence-corrected chi connectivity index (χ3v) is 3.59. The van der Waals surface area contributed by atoms with Crippen molar-refractivity contribution in [1.82, 2.24) is 0 Å². The summed E-state index contributed by atoms with van der Waals surface area (Å²) in [6, 6.07) is 13.8. The predicted octanol–water partition coefficient (Wildman–Crippen LogP) is 3.25. The molecule has 0 saturated carbocycles. The van der Waals surface area contributed by atoms with Crippen molar-refractivity contribution in [3.63, 3.8) is 0 Å². The Morgan fingerprint density at radius 2 is 2.00 bits per heavy atom. The van der Waals surface area contributed by atoms with Crippen LogP contribution < -0.4 is 10.1 Å². The van der Waals surface area contributed by atoms with E-state index in [1.165, 1.54) is 0 Å². The van der Waals surface area contributed by atoms with Crippen LogP contribution in [-0.2, 0) is 11.2 Å². The maximum absolute atomic E-state index is 12.3. The van der Waals surface area contributed by atoms with Crippen LogP contribution in [0, 0.1) is 13.8 Å². The van der Waals surface area contributed by atoms with E-state index in [-0.39, 0.29) is 5.91 Å². The van der Waals surface area contributed by atoms with Gasteiger partial charge < -0.3 is 10.1 Å². The van der Waals surface area contributed by atoms with Crippen molar-refractivity contribution in [1.29, 1.82) is 0 Å². The first-order valence-corrected chi connectivity index (χ1v) is 6.76. The van der Waals surface area contributed by atoms with Gasteiger partial charge in [-0.3, -0.25) is 4.79 Å². The van der Waals surface area contributed by atoms with Crippen molar-refractivity contribution < 1.29 is 9.53 Å². The van der Waals surface area contributed by atoms with Gasteiger partial charge in [-0.1, -0.05) is 30.3 Å². The summed E-state index contributed by atoms with van der Waals surface area (Å²) in [4.78, 5) is 12.3. The number of benzene rings is 2. The molecule has 20 heavy (non-hydrogen) atoms. The van der Waals surface area contributed by atoms with E-state index in [4.69, 9.17) is 4.74 Å². The van der Waals surface area contributed by atoms with E-state index in [9.17, 15) is 4.79 Å². The zero-order chi connectivity index (χ0) is 14.1. The van der Waals surface area contributed by atoms with Crippen LogP contribution in [0.1, 0.15) is 16.7 Å². The van der Waals surface area contributed by atoms with E-state index in [1.807, 2.05) is 56.3 Å². The van der Waals surface area contributed by atoms with Crippen molar-refractivity contribution in [3.05, 3.63) is 59.2 Å². The normalized spacial score (nSPS) is 16.4. The molecule has 0 aliphatic carbocycles. The number of para-hydroxylation sites is 1. The quantitative estimate of drug-likeness (QED) is 0.907. The Morgan fingerprint density at radius 1 is 1.20 bits per heavy atom. The summed E-state index contributed by atoms with van der Waals surface area (Å²) in [5, 5.41) is 2.96. The third-order valence-electron chi connectivity index (χ3n) is 3.59. The molecule has 1 amide bonds. The van der Waals surface area contributed by atoms with Crippen LogP contribution in [0.5, 0.6) is 5.75 Å². The molecule has 1 aliphatic rings. The third kappa shape index (κ3) is 2.39. The maximum Gasteiger partial charge on any atom is 0.265 e. The number of anilines is 1. The highest BCUT2D eigenvalue weighted by atomic mass is 16.5. The van der Waals surface area contributed by atoms with Crippen LogP contribution in [0.2, 0.25) is 0 Å². The summed E-state index contributed by atoms with van der Waals surface area (Å²) < 4.78 is 5.70. The highest BCUT2D eigenvalue weighted by Crippen LogP contribution is 2.29. The van der Waals surface area contributed by atoms with Crippen LogP contribution in [0.4, 0.5) is 5.69 Å². The van der Waals surface area contributed by atoms with Crippen LogP contribution in [0.25, 0.3) is 0 Å². The van der Waals surface area contributed by atoms with Gasteiger partial charge in [0.05, 0.1) is 0 Å². The molecule has 1 aliphatic heterocycles. The number of carbonyl (C=O) groups excluding carboxylic acids is 1. The second kappa shape index (κ2) is 5.00. The van der Waals surface area contributed by atoms with Crippen LogP contribution >= 0.6 is 0 Å². The van der Waals surface area contributed by atoms with Gasteiger partial charge in [0, 0.05) is 12.1 Å². The summed E-state index contributed by atoms with van der Waals surface area (Å²) >= 11 is 0. The minimum Gasteiger partial charge on any atom is -0.480 e. The molecule has 1 N–H and O–H groups in total. The van der Waals surface area contributed by atoms with Gasteiger partial charge in [-0.25, -0.2) is 0 Å². The molecule has 0 unspecified atom stereocenters. The largest absolute Gasteiger partial charge is 0.480 e. The van der Waals surface area contributed by atoms with E-state index < -0.39 is 6.10 Å². The number of aryl methyl sites for hydroxylation is 2. The van der Waals surface area contributed by atoms with Crippen molar-refractivity contribution in [3.8, 4) is 5.75 Å². The summed E-state index contributed by atoms with van der Waals surface area (Å²) in [6.07, 6.45) is 0.194. The first kappa shape index (κ1) is 12.7. The SMILES string of the molecule is Cc1ccc(C)c(NC(=O)[C@H]2Cc3ccccc3O2)c1. The Bertz CT molecular complexity index is 639. The van der Waals surface area contributed by atoms with E-state index in [2.05, 4.69) is 5.32 Å². The summed E-state index contributed by atoms with van der Waals surface area (Å²) in [7, 11) is 0. The Balaban J connectivity index is 1.74. The van der Waals surface area contributed by atoms with Crippen molar-refractivity contribution >= 4 is 11.6 Å². The van der Waals surface area contributed by atoms with E-state index in [0.29, 0.717) is 6.42 Å². The summed E-state index contributed by atoms with van der Waals surface area (Å²) in [5.41, 5.74) is 4.13. The van der Waals surface area contributed by atoms with Crippen LogP contribution in [0.15, 0.2) is 42.5 Å². The second-order valence-corrected chi connectivity index (χ2v) is 5.23. The Kier molecular flexibility index (Phi) is 3.18. The van der Waals surface area contributed by atoms with Gasteiger partial charge in [0.25, 0.3) is 5.91 Å². The number of fused-ring (bicyclic) bond motifs is 1. The fourth-order valence-corrected chi connectivity index (χ4v) is 2.41. The number of rotatable bonds is 2. The lowest BCUT2D eigenvalue weighted by molar-refractivity contribution is -0.122. The van der Waals surface area contributed by atoms with E-state index in [0.717, 1.165) is 28.1 Å². The molecule has 0 spiro atoms. The Labute approximate surface area is 118 Å². The topological polar surface area (TPSA) is 38.3 Å². The Hall–Kier alpha value is -2.29. The first-order chi connectivity index (χ1) is 9.63. The highest BCUT2D eigenvalue weighted by molar-refractivity contribution is 5.95. The summed E-state index contributed by atoms with van der Waals surface area (Å²) in [5.74, 6) is 0.725. The molecule has 2 aromatic carbocycles. The molecule has 1 atom stereocenters. The highest BCUT2D eigenvalue weighted by Gasteiger charge is 2.28. The van der Waals surface area contributed by atoms with Gasteiger partial charge in [0.2, 0.25) is 0 Å². The van der Waals surface area contributed by atoms with Crippen LogP contribution in [-0.4, -0.2) is 12.0 Å². The molecule has 0 fully saturated rings. The molecule has 2 aromatic rings. The molecule has 0 aromatic heterocycles. The smallest absolute Gasteiger partial charge is 0.265 e. The monoisotopic (exact) mass is 267 g/mol. The zero-order valence-electron chi connectivity index (χ0n) is 11.6. The van der Waals surface area contributed by atoms with Gasteiger partial charge in [0.15, 0.2) is 6.10 Å². The number of amides is 1. The average molecular weight is 267 g/mol. The minimum atomic E-state index is -0.438. The second-order valence-electron chi connectivity index (χ2n) is 5.23. The molecular weight excluding hydrogens is 250 g/mol. The number of hydrogen-bond acceptors (Lipinski definition) is 2. The number of carbonyl (C=O) groups is 1. The zero-order valence-corrected chi connectivity index (χ0v) is 11.6. The number of hydrogen-bond donors (Lipinski definition) is 1. The van der Waals surface area contributed by atoms with Gasteiger partial charge in [-0.15, -0.1) is 0 Å². The standard InChI is InChI=1S/C17H17NO2/c1-11-7-8-12(2)14(9-11)18-17(19)16-10-13-5-3-4-6-15(13)20-16/h3-9,16H,10H2,1-2H3,(H,18,19)/t16-/m1/s1. The fraction of sp³-hybridized carbons (Fsp3) is 0.235. The molecule has 3 heteroatoms. The molecule has 0 saturated heterocycles. The molecule has 3 rings (SSSR count). The first-order valence-electron chi connectivity index (χ1n) is 6.76. The van der Waals surface area contributed by atoms with Gasteiger partial charge in [0.1, 0.15) is 5.75 Å². The molecule has 3 nitrogen and oxygen atoms in total. The predicted molar refractivity (Wildman–Crippen MR) is 79.1 cm³/mol. The van der Waals surface area contributed by atoms with Gasteiger partial charge in [-0.2, -0.15) is 0 Å². The van der Waals surface area contributed by atoms with Crippen molar-refractivity contribution in [2.75, 3.05) is 5.32 Å². The van der Waals surface area contributed by atoms with Gasteiger partial charge >= 0.3 is 0 Å². The lowest BCUT2D eigenvalue weighted by Crippen LogP contribution is -2.31. The average Bonchev–Trinajstić information content (AvgIpc) is 2.87. The van der Waals surface area contributed by atoms with Crippen molar-refractivity contribution in [2.45, 2.75) is 26.4 Å². The molecular formula is C17H17NO2. The number of ether oxygens (including phenoxy) is 1.